The van der Waals surface area contributed by atoms with Gasteiger partial charge in [-0.25, -0.2) is 8.42 Å². The Labute approximate surface area is 227 Å². The maximum absolute atomic E-state index is 13.5. The van der Waals surface area contributed by atoms with Gasteiger partial charge >= 0.3 is 0 Å². The number of nitrogens with zero attached hydrogens (tertiary/aromatic N) is 2. The second-order valence-electron chi connectivity index (χ2n) is 8.72. The molecule has 0 radical (unpaired) electrons. The summed E-state index contributed by atoms with van der Waals surface area (Å²) in [7, 11) is -4.12. The van der Waals surface area contributed by atoms with Crippen LogP contribution < -0.4 is 9.62 Å². The maximum Gasteiger partial charge on any atom is 0.264 e. The molecule has 0 bridgehead atoms. The normalized spacial score (nSPS) is 14.1. The van der Waals surface area contributed by atoms with Crippen LogP contribution in [0, 0.1) is 0 Å². The molecule has 0 unspecified atom stereocenters. The minimum absolute atomic E-state index is 0.0191. The highest BCUT2D eigenvalue weighted by molar-refractivity contribution is 7.92. The molecule has 3 aromatic carbocycles. The fourth-order valence-electron chi connectivity index (χ4n) is 4.22. The van der Waals surface area contributed by atoms with Gasteiger partial charge in [-0.05, 0) is 55.3 Å². The number of hydrogen-bond donors (Lipinski definition) is 1. The lowest BCUT2D eigenvalue weighted by Crippen LogP contribution is -2.38. The summed E-state index contributed by atoms with van der Waals surface area (Å²) in [6, 6.07) is 18.9. The molecule has 37 heavy (non-hydrogen) atoms. The molecule has 7 nitrogen and oxygen atoms in total. The van der Waals surface area contributed by atoms with Gasteiger partial charge in [0.1, 0.15) is 6.54 Å². The van der Waals surface area contributed by atoms with Crippen LogP contribution >= 0.6 is 23.2 Å². The molecule has 10 heteroatoms. The van der Waals surface area contributed by atoms with E-state index >= 15 is 0 Å². The average molecular weight is 561 g/mol. The minimum atomic E-state index is -4.12. The van der Waals surface area contributed by atoms with Crippen molar-refractivity contribution in [3.63, 3.8) is 0 Å². The van der Waals surface area contributed by atoms with Crippen molar-refractivity contribution >= 4 is 56.4 Å². The third-order valence-corrected chi connectivity index (χ3v) is 8.66. The summed E-state index contributed by atoms with van der Waals surface area (Å²) in [4.78, 5) is 28.3. The highest BCUT2D eigenvalue weighted by atomic mass is 35.5. The molecule has 0 aliphatic carbocycles. The molecule has 1 N–H and O–H groups in total. The van der Waals surface area contributed by atoms with Gasteiger partial charge in [0.05, 0.1) is 31.9 Å². The Hall–Kier alpha value is -3.07. The molecule has 1 aliphatic rings. The lowest BCUT2D eigenvalue weighted by molar-refractivity contribution is -0.114. The molecule has 1 saturated heterocycles. The van der Waals surface area contributed by atoms with Crippen LogP contribution in [0.15, 0.2) is 77.7 Å². The van der Waals surface area contributed by atoms with Gasteiger partial charge in [0.15, 0.2) is 0 Å². The quantitative estimate of drug-likeness (QED) is 0.393. The van der Waals surface area contributed by atoms with Crippen LogP contribution in [0.25, 0.3) is 0 Å². The lowest BCUT2D eigenvalue weighted by atomic mass is 10.1. The number of carbonyl (C=O) groups excluding carboxylic acids is 2. The Morgan fingerprint density at radius 1 is 0.838 bits per heavy atom. The van der Waals surface area contributed by atoms with Crippen LogP contribution in [0.4, 0.5) is 11.4 Å². The van der Waals surface area contributed by atoms with E-state index in [1.165, 1.54) is 30.3 Å². The van der Waals surface area contributed by atoms with Crippen molar-refractivity contribution in [1.82, 2.24) is 4.90 Å². The molecule has 194 valence electrons. The first kappa shape index (κ1) is 27.0. The summed E-state index contributed by atoms with van der Waals surface area (Å²) < 4.78 is 28.1. The zero-order valence-electron chi connectivity index (χ0n) is 20.1. The van der Waals surface area contributed by atoms with Crippen molar-refractivity contribution in [2.45, 2.75) is 30.6 Å². The Morgan fingerprint density at radius 2 is 1.49 bits per heavy atom. The van der Waals surface area contributed by atoms with Crippen molar-refractivity contribution in [2.24, 2.45) is 0 Å². The van der Waals surface area contributed by atoms with Crippen molar-refractivity contribution in [2.75, 3.05) is 29.3 Å². The predicted molar refractivity (Wildman–Crippen MR) is 147 cm³/mol. The number of hydrogen-bond acceptors (Lipinski definition) is 4. The van der Waals surface area contributed by atoms with Crippen LogP contribution in [0.1, 0.15) is 36.0 Å². The molecule has 0 atom stereocenters. The van der Waals surface area contributed by atoms with Crippen LogP contribution in [0.5, 0.6) is 0 Å². The largest absolute Gasteiger partial charge is 0.339 e. The van der Waals surface area contributed by atoms with Gasteiger partial charge in [-0.3, -0.25) is 13.9 Å². The Bertz CT molecular complexity index is 1380. The zero-order valence-corrected chi connectivity index (χ0v) is 22.4. The number of carbonyl (C=O) groups is 2. The predicted octanol–water partition coefficient (Wildman–Crippen LogP) is 5.84. The van der Waals surface area contributed by atoms with E-state index < -0.39 is 22.5 Å². The van der Waals surface area contributed by atoms with E-state index in [1.807, 2.05) is 0 Å². The first-order chi connectivity index (χ1) is 17.8. The first-order valence-corrected chi connectivity index (χ1v) is 14.2. The number of sulfonamides is 1. The van der Waals surface area contributed by atoms with E-state index in [2.05, 4.69) is 5.32 Å². The maximum atomic E-state index is 13.5. The number of nitrogens with one attached hydrogen (secondary N) is 1. The molecular formula is C27H27Cl2N3O4S. The topological polar surface area (TPSA) is 86.8 Å². The van der Waals surface area contributed by atoms with Gasteiger partial charge < -0.3 is 10.2 Å². The van der Waals surface area contributed by atoms with E-state index in [0.29, 0.717) is 24.3 Å². The van der Waals surface area contributed by atoms with E-state index in [-0.39, 0.29) is 26.5 Å². The summed E-state index contributed by atoms with van der Waals surface area (Å²) in [5.74, 6) is -0.766. The fraction of sp³-hybridized carbons (Fsp3) is 0.259. The van der Waals surface area contributed by atoms with Gasteiger partial charge in [-0.1, -0.05) is 66.4 Å². The van der Waals surface area contributed by atoms with E-state index in [9.17, 15) is 18.0 Å². The number of anilines is 2. The highest BCUT2D eigenvalue weighted by Gasteiger charge is 2.28. The number of rotatable bonds is 7. The van der Waals surface area contributed by atoms with Gasteiger partial charge in [0, 0.05) is 13.1 Å². The third-order valence-electron chi connectivity index (χ3n) is 6.13. The van der Waals surface area contributed by atoms with Crippen molar-refractivity contribution in [1.29, 1.82) is 0 Å². The SMILES string of the molecule is O=C(CN(c1ccc(Cl)c(Cl)c1)S(=O)(=O)c1ccccc1)Nc1ccccc1C(=O)N1CCCCCC1. The average Bonchev–Trinajstić information content (AvgIpc) is 3.19. The minimum Gasteiger partial charge on any atom is -0.339 e. The molecule has 3 aromatic rings. The molecule has 1 fully saturated rings. The van der Waals surface area contributed by atoms with Gasteiger partial charge in [0.25, 0.3) is 15.9 Å². The monoisotopic (exact) mass is 559 g/mol. The number of amides is 2. The van der Waals surface area contributed by atoms with Gasteiger partial charge in [-0.2, -0.15) is 0 Å². The standard InChI is InChI=1S/C27H27Cl2N3O4S/c28-23-15-14-20(18-24(23)29)32(37(35,36)21-10-4-3-5-11-21)19-26(33)30-25-13-7-6-12-22(25)27(34)31-16-8-1-2-9-17-31/h3-7,10-15,18H,1-2,8-9,16-17,19H2,(H,30,33). The molecule has 2 amide bonds. The molecule has 1 aliphatic heterocycles. The third kappa shape index (κ3) is 6.44. The Balaban J connectivity index is 1.62. The van der Waals surface area contributed by atoms with Crippen molar-refractivity contribution < 1.29 is 18.0 Å². The van der Waals surface area contributed by atoms with Crippen LogP contribution in [-0.4, -0.2) is 44.8 Å². The summed E-state index contributed by atoms with van der Waals surface area (Å²) in [6.45, 7) is 0.796. The fourth-order valence-corrected chi connectivity index (χ4v) is 5.94. The number of halogens is 2. The molecule has 0 saturated carbocycles. The lowest BCUT2D eigenvalue weighted by Gasteiger charge is -2.25. The summed E-state index contributed by atoms with van der Waals surface area (Å²) in [5.41, 5.74) is 0.875. The first-order valence-electron chi connectivity index (χ1n) is 12.0. The van der Waals surface area contributed by atoms with Crippen LogP contribution in [-0.2, 0) is 14.8 Å². The molecular weight excluding hydrogens is 533 g/mol. The zero-order chi connectivity index (χ0) is 26.4. The highest BCUT2D eigenvalue weighted by Crippen LogP contribution is 2.30. The van der Waals surface area contributed by atoms with Gasteiger partial charge in [-0.15, -0.1) is 0 Å². The van der Waals surface area contributed by atoms with Crippen molar-refractivity contribution in [3.05, 3.63) is 88.4 Å². The van der Waals surface area contributed by atoms with E-state index in [0.717, 1.165) is 30.0 Å². The molecule has 0 aromatic heterocycles. The van der Waals surface area contributed by atoms with E-state index in [1.54, 1.807) is 47.4 Å². The summed E-state index contributed by atoms with van der Waals surface area (Å²) >= 11 is 12.2. The van der Waals surface area contributed by atoms with Crippen LogP contribution in [0.2, 0.25) is 10.0 Å². The van der Waals surface area contributed by atoms with Crippen LogP contribution in [0.3, 0.4) is 0 Å². The van der Waals surface area contributed by atoms with Gasteiger partial charge in [0.2, 0.25) is 5.91 Å². The molecule has 0 spiro atoms. The number of benzene rings is 3. The Kier molecular flexibility index (Phi) is 8.74. The number of para-hydroxylation sites is 1. The second kappa shape index (κ2) is 12.0. The van der Waals surface area contributed by atoms with Crippen molar-refractivity contribution in [3.8, 4) is 0 Å². The summed E-state index contributed by atoms with van der Waals surface area (Å²) in [5, 5.41) is 3.16. The van der Waals surface area contributed by atoms with E-state index in [4.69, 9.17) is 23.2 Å². The second-order valence-corrected chi connectivity index (χ2v) is 11.4. The summed E-state index contributed by atoms with van der Waals surface area (Å²) in [6.07, 6.45) is 4.05. The number of likely N-dealkylation sites (tertiary alicyclic amines) is 1. The molecule has 4 rings (SSSR count). The Morgan fingerprint density at radius 3 is 2.16 bits per heavy atom. The molecule has 1 heterocycles. The smallest absolute Gasteiger partial charge is 0.264 e.